The molecule has 2 aliphatic carbocycles. The fraction of sp³-hybridized carbons (Fsp3) is 0.385. The number of esters is 1. The third-order valence-electron chi connectivity index (χ3n) is 8.87. The van der Waals surface area contributed by atoms with Gasteiger partial charge in [0.25, 0.3) is 0 Å². The highest BCUT2D eigenvalue weighted by atomic mass is 32.2. The highest BCUT2D eigenvalue weighted by molar-refractivity contribution is 7.88. The number of alkyl halides is 3. The van der Waals surface area contributed by atoms with Crippen LogP contribution < -0.4 is 8.92 Å². The first kappa shape index (κ1) is 41.7. The molecule has 0 radical (unpaired) electrons. The molecule has 5 rings (SSSR count). The summed E-state index contributed by atoms with van der Waals surface area (Å²) < 4.78 is 89.6. The molecular weight excluding hydrogens is 704 g/mol. The zero-order valence-corrected chi connectivity index (χ0v) is 30.9. The van der Waals surface area contributed by atoms with Crippen LogP contribution in [0.2, 0.25) is 0 Å². The molecule has 0 saturated carbocycles. The van der Waals surface area contributed by atoms with E-state index in [1.165, 1.54) is 25.3 Å². The minimum absolute atomic E-state index is 0.0441. The normalized spacial score (nSPS) is 15.8. The van der Waals surface area contributed by atoms with Crippen LogP contribution >= 0.6 is 0 Å². The molecule has 0 aliphatic heterocycles. The van der Waals surface area contributed by atoms with E-state index in [1.54, 1.807) is 37.3 Å². The maximum absolute atomic E-state index is 14.7. The number of halogens is 4. The lowest BCUT2D eigenvalue weighted by molar-refractivity contribution is -0.191. The second kappa shape index (κ2) is 16.7. The summed E-state index contributed by atoms with van der Waals surface area (Å²) in [5.41, 5.74) is -0.0353. The lowest BCUT2D eigenvalue weighted by Crippen LogP contribution is -2.28. The monoisotopic (exact) mass is 746 g/mol. The number of benzene rings is 3. The number of methoxy groups -OCH3 is 1. The highest BCUT2D eigenvalue weighted by Gasteiger charge is 2.49. The molecule has 3 aromatic carbocycles. The van der Waals surface area contributed by atoms with Gasteiger partial charge >= 0.3 is 27.7 Å². The predicted octanol–water partition coefficient (Wildman–Crippen LogP) is 9.72. The topological polar surface area (TPSA) is 113 Å². The van der Waals surface area contributed by atoms with Crippen molar-refractivity contribution in [2.75, 3.05) is 13.7 Å². The van der Waals surface area contributed by atoms with Crippen molar-refractivity contribution in [3.05, 3.63) is 94.8 Å². The summed E-state index contributed by atoms with van der Waals surface area (Å²) in [5.74, 6) is -0.384. The van der Waals surface area contributed by atoms with Crippen molar-refractivity contribution >= 4 is 33.4 Å². The molecular formula is C39H42F4O8S. The molecule has 0 amide bonds. The van der Waals surface area contributed by atoms with Gasteiger partial charge in [-0.05, 0) is 115 Å². The summed E-state index contributed by atoms with van der Waals surface area (Å²) in [6.07, 6.45) is 7.98. The maximum Gasteiger partial charge on any atom is 0.534 e. The number of carbonyl (C=O) groups is 1. The van der Waals surface area contributed by atoms with Crippen molar-refractivity contribution in [3.8, 4) is 22.6 Å². The molecule has 0 atom stereocenters. The molecule has 0 saturated heterocycles. The van der Waals surface area contributed by atoms with Crippen LogP contribution in [0.3, 0.4) is 0 Å². The van der Waals surface area contributed by atoms with Crippen molar-refractivity contribution in [2.45, 2.75) is 72.7 Å². The van der Waals surface area contributed by atoms with Crippen molar-refractivity contribution in [3.63, 3.8) is 0 Å². The number of carbonyl (C=O) groups excluding carboxylic acids is 3. The molecule has 0 spiro atoms. The summed E-state index contributed by atoms with van der Waals surface area (Å²) in [7, 11) is -4.32. The first-order valence-electron chi connectivity index (χ1n) is 16.4. The molecule has 3 aromatic rings. The summed E-state index contributed by atoms with van der Waals surface area (Å²) in [5, 5.41) is 0. The molecule has 8 nitrogen and oxygen atoms in total. The fourth-order valence-electron chi connectivity index (χ4n) is 6.23. The lowest BCUT2D eigenvalue weighted by Gasteiger charge is -2.25. The molecule has 2 aliphatic rings. The summed E-state index contributed by atoms with van der Waals surface area (Å²) in [6.45, 7) is 12.5. The van der Waals surface area contributed by atoms with Gasteiger partial charge in [-0.15, -0.1) is 0 Å². The van der Waals surface area contributed by atoms with Crippen molar-refractivity contribution in [1.82, 2.24) is 0 Å². The Hall–Kier alpha value is -4.74. The molecule has 13 heteroatoms. The van der Waals surface area contributed by atoms with Crippen LogP contribution in [0.1, 0.15) is 87.4 Å². The van der Waals surface area contributed by atoms with E-state index in [9.17, 15) is 30.8 Å². The maximum atomic E-state index is 14.7. The molecule has 0 heterocycles. The van der Waals surface area contributed by atoms with E-state index in [0.29, 0.717) is 29.0 Å². The van der Waals surface area contributed by atoms with E-state index in [2.05, 4.69) is 24.1 Å². The van der Waals surface area contributed by atoms with Gasteiger partial charge in [-0.1, -0.05) is 57.5 Å². The van der Waals surface area contributed by atoms with Crippen molar-refractivity contribution in [1.29, 1.82) is 0 Å². The average molecular weight is 747 g/mol. The lowest BCUT2D eigenvalue weighted by atomic mass is 9.79. The molecule has 0 unspecified atom stereocenters. The van der Waals surface area contributed by atoms with E-state index in [0.717, 1.165) is 53.5 Å². The molecule has 0 fully saturated rings. The molecule has 0 bridgehead atoms. The zero-order chi connectivity index (χ0) is 39.1. The van der Waals surface area contributed by atoms with E-state index < -0.39 is 21.6 Å². The van der Waals surface area contributed by atoms with Gasteiger partial charge in [-0.25, -0.2) is 9.18 Å². The van der Waals surface area contributed by atoms with Crippen LogP contribution in [0, 0.1) is 23.6 Å². The quantitative estimate of drug-likeness (QED) is 0.0970. The first-order chi connectivity index (χ1) is 24.2. The largest absolute Gasteiger partial charge is 0.534 e. The van der Waals surface area contributed by atoms with E-state index in [1.807, 2.05) is 32.9 Å². The van der Waals surface area contributed by atoms with Gasteiger partial charge in [0, 0.05) is 11.1 Å². The van der Waals surface area contributed by atoms with Crippen LogP contribution in [-0.2, 0) is 24.4 Å². The standard InChI is InChI=1S/C23H25FO3.C15H17F3O3S.CO2/c1-5-27-16-9-11-21(24)19(14-16)17-10-8-15(22(25)26-4)13-18(17)20-7-6-12-23(20,2)3;1-10-6-7-13(21-22(19,20)15(16,17)18)11(9-10)12-5-4-8-14(12,2)3;2-1-3/h7-11,13-14H,5-6,12H2,1-4H3;5-7,9H,4,8H2,1-3H3;. The van der Waals surface area contributed by atoms with Crippen LogP contribution in [-0.4, -0.2) is 39.8 Å². The summed E-state index contributed by atoms with van der Waals surface area (Å²) in [4.78, 5) is 28.3. The van der Waals surface area contributed by atoms with Crippen LogP contribution in [0.25, 0.3) is 22.3 Å². The summed E-state index contributed by atoms with van der Waals surface area (Å²) in [6, 6.07) is 14.5. The van der Waals surface area contributed by atoms with Gasteiger partial charge in [0.1, 0.15) is 17.3 Å². The number of allylic oxidation sites excluding steroid dienone is 4. The van der Waals surface area contributed by atoms with Gasteiger partial charge in [-0.2, -0.15) is 31.2 Å². The van der Waals surface area contributed by atoms with Gasteiger partial charge < -0.3 is 13.7 Å². The van der Waals surface area contributed by atoms with E-state index in [4.69, 9.17) is 19.1 Å². The highest BCUT2D eigenvalue weighted by Crippen LogP contribution is 2.49. The van der Waals surface area contributed by atoms with Gasteiger partial charge in [0.05, 0.1) is 19.3 Å². The van der Waals surface area contributed by atoms with E-state index >= 15 is 0 Å². The Bertz CT molecular complexity index is 1990. The Labute approximate surface area is 301 Å². The number of hydrogen-bond donors (Lipinski definition) is 0. The Kier molecular flexibility index (Phi) is 13.4. The van der Waals surface area contributed by atoms with Gasteiger partial charge in [0.15, 0.2) is 0 Å². The second-order valence-corrected chi connectivity index (χ2v) is 15.0. The number of rotatable bonds is 8. The molecule has 52 heavy (non-hydrogen) atoms. The second-order valence-electron chi connectivity index (χ2n) is 13.5. The van der Waals surface area contributed by atoms with Crippen molar-refractivity contribution in [2.24, 2.45) is 10.8 Å². The van der Waals surface area contributed by atoms with Gasteiger partial charge in [-0.3, -0.25) is 0 Å². The smallest absolute Gasteiger partial charge is 0.494 e. The SMILES string of the molecule is CCOc1ccc(F)c(-c2ccc(C(=O)OC)cc2C2=CCCC2(C)C)c1.Cc1ccc(OS(=O)(=O)C(F)(F)F)c(C2=CCCC2(C)C)c1.O=C=O. The molecule has 280 valence electrons. The number of ether oxygens (including phenoxy) is 2. The van der Waals surface area contributed by atoms with E-state index in [-0.39, 0.29) is 28.5 Å². The van der Waals surface area contributed by atoms with Gasteiger partial charge in [0.2, 0.25) is 0 Å². The van der Waals surface area contributed by atoms with Crippen LogP contribution in [0.15, 0.2) is 66.7 Å². The van der Waals surface area contributed by atoms with Crippen molar-refractivity contribution < 1.29 is 54.0 Å². The third kappa shape index (κ3) is 9.77. The predicted molar refractivity (Wildman–Crippen MR) is 188 cm³/mol. The average Bonchev–Trinajstić information content (AvgIpc) is 3.61. The number of aryl methyl sites for hydroxylation is 1. The first-order valence-corrected chi connectivity index (χ1v) is 17.8. The minimum atomic E-state index is -5.68. The molecule has 0 N–H and O–H groups in total. The summed E-state index contributed by atoms with van der Waals surface area (Å²) >= 11 is 0. The Morgan fingerprint density at radius 3 is 1.90 bits per heavy atom. The third-order valence-corrected chi connectivity index (χ3v) is 9.84. The number of hydrogen-bond acceptors (Lipinski definition) is 8. The Morgan fingerprint density at radius 2 is 1.40 bits per heavy atom. The van der Waals surface area contributed by atoms with Crippen LogP contribution in [0.4, 0.5) is 17.6 Å². The fourth-order valence-corrected chi connectivity index (χ4v) is 6.71. The Balaban J connectivity index is 0.000000266. The minimum Gasteiger partial charge on any atom is -0.494 e. The zero-order valence-electron chi connectivity index (χ0n) is 30.1. The van der Waals surface area contributed by atoms with Crippen LogP contribution in [0.5, 0.6) is 11.5 Å². The molecule has 0 aromatic heterocycles. The Morgan fingerprint density at radius 1 is 0.827 bits per heavy atom.